The number of hydrogen-bond acceptors (Lipinski definition) is 5. The maximum Gasteiger partial charge on any atom is 0.263 e. The molecule has 19 heavy (non-hydrogen) atoms. The lowest BCUT2D eigenvalue weighted by Crippen LogP contribution is -2.29. The summed E-state index contributed by atoms with van der Waals surface area (Å²) in [7, 11) is 0. The molecule has 4 nitrogen and oxygen atoms in total. The molecular formula is C13H16N2O2S2. The van der Waals surface area contributed by atoms with Crippen LogP contribution in [-0.4, -0.2) is 29.1 Å². The van der Waals surface area contributed by atoms with Gasteiger partial charge < -0.3 is 10.4 Å². The fourth-order valence-corrected chi connectivity index (χ4v) is 3.22. The zero-order valence-electron chi connectivity index (χ0n) is 10.8. The van der Waals surface area contributed by atoms with Crippen LogP contribution in [0.25, 0.3) is 10.6 Å². The minimum atomic E-state index is -0.114. The molecule has 2 N–H and O–H groups in total. The van der Waals surface area contributed by atoms with Gasteiger partial charge in [0.2, 0.25) is 0 Å². The number of aliphatic hydroxyl groups is 1. The number of carbonyl (C=O) groups is 1. The Labute approximate surface area is 120 Å². The number of thiophene rings is 1. The standard InChI is InChI=1S/C13H16N2O2S2/c1-8(6-16)5-14-12(17)11-9(2)15-13(19-11)10-3-4-18-7-10/h3-4,7-8,16H,5-6H2,1-2H3,(H,14,17). The minimum absolute atomic E-state index is 0.0634. The summed E-state index contributed by atoms with van der Waals surface area (Å²) in [5, 5.41) is 16.7. The van der Waals surface area contributed by atoms with E-state index in [1.807, 2.05) is 30.7 Å². The average Bonchev–Trinajstić information content (AvgIpc) is 3.04. The van der Waals surface area contributed by atoms with E-state index >= 15 is 0 Å². The lowest BCUT2D eigenvalue weighted by atomic mass is 10.2. The van der Waals surface area contributed by atoms with Gasteiger partial charge in [-0.15, -0.1) is 11.3 Å². The molecule has 2 heterocycles. The molecule has 0 saturated carbocycles. The van der Waals surface area contributed by atoms with Crippen LogP contribution in [0, 0.1) is 12.8 Å². The fourth-order valence-electron chi connectivity index (χ4n) is 1.53. The third-order valence-electron chi connectivity index (χ3n) is 2.69. The number of rotatable bonds is 5. The first-order valence-corrected chi connectivity index (χ1v) is 7.76. The molecule has 102 valence electrons. The number of hydrogen-bond donors (Lipinski definition) is 2. The van der Waals surface area contributed by atoms with Crippen LogP contribution >= 0.6 is 22.7 Å². The van der Waals surface area contributed by atoms with E-state index in [4.69, 9.17) is 5.11 Å². The summed E-state index contributed by atoms with van der Waals surface area (Å²) >= 11 is 3.02. The first-order valence-electron chi connectivity index (χ1n) is 6.01. The Morgan fingerprint density at radius 1 is 1.58 bits per heavy atom. The molecule has 1 atom stereocenters. The molecule has 0 aliphatic carbocycles. The van der Waals surface area contributed by atoms with Gasteiger partial charge in [-0.05, 0) is 24.3 Å². The molecule has 0 saturated heterocycles. The highest BCUT2D eigenvalue weighted by Crippen LogP contribution is 2.29. The van der Waals surface area contributed by atoms with Gasteiger partial charge >= 0.3 is 0 Å². The first kappa shape index (κ1) is 14.2. The number of nitrogens with zero attached hydrogens (tertiary/aromatic N) is 1. The summed E-state index contributed by atoms with van der Waals surface area (Å²) in [6.07, 6.45) is 0. The number of aliphatic hydroxyl groups excluding tert-OH is 1. The van der Waals surface area contributed by atoms with Crippen LogP contribution in [0.4, 0.5) is 0 Å². The van der Waals surface area contributed by atoms with Crippen molar-refractivity contribution in [1.82, 2.24) is 10.3 Å². The van der Waals surface area contributed by atoms with Gasteiger partial charge in [-0.1, -0.05) is 6.92 Å². The van der Waals surface area contributed by atoms with Gasteiger partial charge in [-0.3, -0.25) is 4.79 Å². The summed E-state index contributed by atoms with van der Waals surface area (Å²) < 4.78 is 0. The quantitative estimate of drug-likeness (QED) is 0.891. The number of nitrogens with one attached hydrogen (secondary N) is 1. The molecule has 0 spiro atoms. The highest BCUT2D eigenvalue weighted by molar-refractivity contribution is 7.17. The molecule has 0 aliphatic rings. The zero-order chi connectivity index (χ0) is 13.8. The van der Waals surface area contributed by atoms with E-state index in [0.717, 1.165) is 16.3 Å². The summed E-state index contributed by atoms with van der Waals surface area (Å²) in [5.41, 5.74) is 1.81. The second-order valence-electron chi connectivity index (χ2n) is 4.44. The Morgan fingerprint density at radius 2 is 2.37 bits per heavy atom. The highest BCUT2D eigenvalue weighted by atomic mass is 32.1. The molecule has 2 aromatic heterocycles. The van der Waals surface area contributed by atoms with Crippen molar-refractivity contribution < 1.29 is 9.90 Å². The van der Waals surface area contributed by atoms with Crippen LogP contribution < -0.4 is 5.32 Å². The van der Waals surface area contributed by atoms with E-state index in [0.29, 0.717) is 11.4 Å². The molecule has 0 aliphatic heterocycles. The smallest absolute Gasteiger partial charge is 0.263 e. The van der Waals surface area contributed by atoms with Crippen molar-refractivity contribution in [2.24, 2.45) is 5.92 Å². The molecule has 0 fully saturated rings. The number of aryl methyl sites for hydroxylation is 1. The predicted molar refractivity (Wildman–Crippen MR) is 78.7 cm³/mol. The van der Waals surface area contributed by atoms with Crippen molar-refractivity contribution in [1.29, 1.82) is 0 Å². The van der Waals surface area contributed by atoms with Gasteiger partial charge in [0.15, 0.2) is 0 Å². The Morgan fingerprint density at radius 3 is 3.00 bits per heavy atom. The largest absolute Gasteiger partial charge is 0.396 e. The van der Waals surface area contributed by atoms with Gasteiger partial charge in [-0.25, -0.2) is 4.98 Å². The molecule has 0 radical (unpaired) electrons. The zero-order valence-corrected chi connectivity index (χ0v) is 12.5. The minimum Gasteiger partial charge on any atom is -0.396 e. The van der Waals surface area contributed by atoms with Crippen LogP contribution in [0.15, 0.2) is 16.8 Å². The molecule has 6 heteroatoms. The Hall–Kier alpha value is -1.24. The predicted octanol–water partition coefficient (Wildman–Crippen LogP) is 2.54. The Kier molecular flexibility index (Phi) is 4.68. The molecule has 0 bridgehead atoms. The number of amides is 1. The highest BCUT2D eigenvalue weighted by Gasteiger charge is 2.16. The van der Waals surface area contributed by atoms with E-state index in [1.54, 1.807) is 11.3 Å². The lowest BCUT2D eigenvalue weighted by molar-refractivity contribution is 0.0945. The number of thiazole rings is 1. The lowest BCUT2D eigenvalue weighted by Gasteiger charge is -2.08. The molecular weight excluding hydrogens is 280 g/mol. The number of aromatic nitrogens is 1. The molecule has 2 aromatic rings. The van der Waals surface area contributed by atoms with Crippen LogP contribution in [-0.2, 0) is 0 Å². The second kappa shape index (κ2) is 6.27. The van der Waals surface area contributed by atoms with Crippen LogP contribution in [0.1, 0.15) is 22.3 Å². The SMILES string of the molecule is Cc1nc(-c2ccsc2)sc1C(=O)NCC(C)CO. The summed E-state index contributed by atoms with van der Waals surface area (Å²) in [4.78, 5) is 17.1. The fraction of sp³-hybridized carbons (Fsp3) is 0.385. The Balaban J connectivity index is 2.10. The van der Waals surface area contributed by atoms with Gasteiger partial charge in [0.25, 0.3) is 5.91 Å². The van der Waals surface area contributed by atoms with E-state index in [1.165, 1.54) is 11.3 Å². The van der Waals surface area contributed by atoms with Gasteiger partial charge in [0.1, 0.15) is 9.88 Å². The van der Waals surface area contributed by atoms with Crippen molar-refractivity contribution in [3.63, 3.8) is 0 Å². The average molecular weight is 296 g/mol. The normalized spacial score (nSPS) is 12.4. The summed E-state index contributed by atoms with van der Waals surface area (Å²) in [5.74, 6) is -0.0506. The van der Waals surface area contributed by atoms with Gasteiger partial charge in [0.05, 0.1) is 5.69 Å². The molecule has 1 unspecified atom stereocenters. The topological polar surface area (TPSA) is 62.2 Å². The van der Waals surface area contributed by atoms with Gasteiger partial charge in [-0.2, -0.15) is 11.3 Å². The maximum absolute atomic E-state index is 12.0. The van der Waals surface area contributed by atoms with Gasteiger partial charge in [0, 0.05) is 24.1 Å². The molecule has 0 aromatic carbocycles. The summed E-state index contributed by atoms with van der Waals surface area (Å²) in [6, 6.07) is 2.00. The number of carbonyl (C=O) groups excluding carboxylic acids is 1. The second-order valence-corrected chi connectivity index (χ2v) is 6.22. The van der Waals surface area contributed by atoms with Crippen molar-refractivity contribution in [3.05, 3.63) is 27.4 Å². The van der Waals surface area contributed by atoms with Crippen molar-refractivity contribution in [3.8, 4) is 10.6 Å². The van der Waals surface area contributed by atoms with E-state index in [9.17, 15) is 4.79 Å². The third kappa shape index (κ3) is 3.40. The molecule has 2 rings (SSSR count). The summed E-state index contributed by atoms with van der Waals surface area (Å²) in [6.45, 7) is 4.27. The third-order valence-corrected chi connectivity index (χ3v) is 4.58. The van der Waals surface area contributed by atoms with E-state index < -0.39 is 0 Å². The Bertz CT molecular complexity index is 549. The van der Waals surface area contributed by atoms with Crippen LogP contribution in [0.3, 0.4) is 0 Å². The monoisotopic (exact) mass is 296 g/mol. The maximum atomic E-state index is 12.0. The van der Waals surface area contributed by atoms with Crippen molar-refractivity contribution in [2.45, 2.75) is 13.8 Å². The van der Waals surface area contributed by atoms with E-state index in [2.05, 4.69) is 10.3 Å². The van der Waals surface area contributed by atoms with Crippen molar-refractivity contribution >= 4 is 28.6 Å². The van der Waals surface area contributed by atoms with E-state index in [-0.39, 0.29) is 18.4 Å². The molecule has 1 amide bonds. The van der Waals surface area contributed by atoms with Crippen molar-refractivity contribution in [2.75, 3.05) is 13.2 Å². The van der Waals surface area contributed by atoms with Crippen LogP contribution in [0.5, 0.6) is 0 Å². The first-order chi connectivity index (χ1) is 9.11. The van der Waals surface area contributed by atoms with Crippen LogP contribution in [0.2, 0.25) is 0 Å².